The Labute approximate surface area is 164 Å². The van der Waals surface area contributed by atoms with Crippen LogP contribution in [-0.4, -0.2) is 60.8 Å². The van der Waals surface area contributed by atoms with Crippen molar-refractivity contribution in [2.24, 2.45) is 25.6 Å². The van der Waals surface area contributed by atoms with Crippen LogP contribution in [0.15, 0.2) is 22.7 Å². The number of hydrogen-bond donors (Lipinski definition) is 4. The van der Waals surface area contributed by atoms with Gasteiger partial charge in [0.2, 0.25) is 0 Å². The first-order valence-electron chi connectivity index (χ1n) is 7.82. The predicted molar refractivity (Wildman–Crippen MR) is 103 cm³/mol. The zero-order valence-corrected chi connectivity index (χ0v) is 16.9. The number of aryl methyl sites for hydroxylation is 2. The maximum absolute atomic E-state index is 11.0. The minimum Gasteiger partial charge on any atom is -0.480 e. The topological polar surface area (TPSA) is 162 Å². The molecule has 2 unspecified atom stereocenters. The fourth-order valence-corrected chi connectivity index (χ4v) is 4.78. The Balaban J connectivity index is 0.00000176. The number of aldehydes is 1. The summed E-state index contributed by atoms with van der Waals surface area (Å²) in [5.74, 6) is -1.06. The van der Waals surface area contributed by atoms with Crippen LogP contribution in [0.5, 0.6) is 0 Å². The standard InChI is InChI=1S/C14H20N6O3S2.CH4O/c1-19-6-17-10(3-8(15)5-21)12(19)24-25-13-11(18-7-20(13)2)4-9(16)14(22)23;1-2/h5-9H,3-4,15-16H2,1-2H3,(H,22,23);2H,1H3. The number of nitrogens with zero attached hydrogens (tertiary/aromatic N) is 4. The molecule has 2 aromatic heterocycles. The number of aromatic nitrogens is 4. The lowest BCUT2D eigenvalue weighted by molar-refractivity contribution is -0.138. The second-order valence-corrected chi connectivity index (χ2v) is 7.64. The SMILES string of the molecule is CO.Cn1cnc(CC(N)C=O)c1SSc1c(CC(N)C(=O)O)ncn1C. The Morgan fingerprint density at radius 2 is 1.56 bits per heavy atom. The van der Waals surface area contributed by atoms with Crippen LogP contribution in [0.2, 0.25) is 0 Å². The third-order valence-electron chi connectivity index (χ3n) is 3.44. The highest BCUT2D eigenvalue weighted by Crippen LogP contribution is 2.40. The van der Waals surface area contributed by atoms with Gasteiger partial charge in [0.15, 0.2) is 0 Å². The molecule has 0 aromatic carbocycles. The molecule has 27 heavy (non-hydrogen) atoms. The van der Waals surface area contributed by atoms with Crippen molar-refractivity contribution in [3.8, 4) is 0 Å². The summed E-state index contributed by atoms with van der Waals surface area (Å²) in [5, 5.41) is 17.7. The van der Waals surface area contributed by atoms with Gasteiger partial charge in [-0.2, -0.15) is 0 Å². The van der Waals surface area contributed by atoms with Gasteiger partial charge in [-0.15, -0.1) is 0 Å². The molecule has 2 rings (SSSR count). The summed E-state index contributed by atoms with van der Waals surface area (Å²) in [6.07, 6.45) is 4.49. The monoisotopic (exact) mass is 416 g/mol. The molecule has 0 fully saturated rings. The van der Waals surface area contributed by atoms with E-state index in [1.807, 2.05) is 23.2 Å². The van der Waals surface area contributed by atoms with Gasteiger partial charge in [-0.3, -0.25) is 4.79 Å². The molecular weight excluding hydrogens is 392 g/mol. The summed E-state index contributed by atoms with van der Waals surface area (Å²) < 4.78 is 3.66. The molecular formula is C15H24N6O4S2. The van der Waals surface area contributed by atoms with E-state index in [-0.39, 0.29) is 6.42 Å². The first-order valence-corrected chi connectivity index (χ1v) is 9.97. The van der Waals surface area contributed by atoms with Crippen molar-refractivity contribution in [2.45, 2.75) is 35.0 Å². The van der Waals surface area contributed by atoms with Crippen LogP contribution in [0.3, 0.4) is 0 Å². The molecule has 0 radical (unpaired) electrons. The minimum atomic E-state index is -1.06. The zero-order chi connectivity index (χ0) is 20.6. The number of aliphatic hydroxyl groups is 1. The third kappa shape index (κ3) is 6.36. The van der Waals surface area contributed by atoms with Crippen LogP contribution < -0.4 is 11.5 Å². The van der Waals surface area contributed by atoms with E-state index in [4.69, 9.17) is 21.7 Å². The number of nitrogens with two attached hydrogens (primary N) is 2. The molecule has 2 aromatic rings. The summed E-state index contributed by atoms with van der Waals surface area (Å²) in [6.45, 7) is 0. The molecule has 12 heteroatoms. The van der Waals surface area contributed by atoms with E-state index in [0.717, 1.165) is 22.9 Å². The molecule has 6 N–H and O–H groups in total. The van der Waals surface area contributed by atoms with Gasteiger partial charge in [0.25, 0.3) is 0 Å². The zero-order valence-electron chi connectivity index (χ0n) is 15.3. The lowest BCUT2D eigenvalue weighted by atomic mass is 10.2. The number of aliphatic hydroxyl groups excluding tert-OH is 1. The van der Waals surface area contributed by atoms with E-state index < -0.39 is 18.1 Å². The summed E-state index contributed by atoms with van der Waals surface area (Å²) >= 11 is 0. The van der Waals surface area contributed by atoms with Gasteiger partial charge in [-0.1, -0.05) is 0 Å². The lowest BCUT2D eigenvalue weighted by Crippen LogP contribution is -2.32. The van der Waals surface area contributed by atoms with E-state index in [1.54, 1.807) is 12.7 Å². The summed E-state index contributed by atoms with van der Waals surface area (Å²) in [6, 6.07) is -1.60. The van der Waals surface area contributed by atoms with Crippen molar-refractivity contribution in [1.29, 1.82) is 0 Å². The summed E-state index contributed by atoms with van der Waals surface area (Å²) in [4.78, 5) is 30.3. The molecule has 0 aliphatic rings. The molecule has 10 nitrogen and oxygen atoms in total. The fraction of sp³-hybridized carbons (Fsp3) is 0.467. The van der Waals surface area contributed by atoms with Crippen LogP contribution in [-0.2, 0) is 36.5 Å². The Kier molecular flexibility index (Phi) is 9.52. The molecule has 0 amide bonds. The molecule has 0 aliphatic heterocycles. The van der Waals surface area contributed by atoms with E-state index in [9.17, 15) is 9.59 Å². The van der Waals surface area contributed by atoms with Crippen molar-refractivity contribution in [1.82, 2.24) is 19.1 Å². The maximum atomic E-state index is 11.0. The van der Waals surface area contributed by atoms with Crippen molar-refractivity contribution >= 4 is 33.8 Å². The smallest absolute Gasteiger partial charge is 0.320 e. The number of carboxylic acids is 1. The molecule has 0 spiro atoms. The van der Waals surface area contributed by atoms with Crippen LogP contribution in [0.25, 0.3) is 0 Å². The van der Waals surface area contributed by atoms with Gasteiger partial charge in [0.05, 0.1) is 30.1 Å². The average Bonchev–Trinajstić information content (AvgIpc) is 3.17. The molecule has 150 valence electrons. The Morgan fingerprint density at radius 1 is 1.11 bits per heavy atom. The van der Waals surface area contributed by atoms with Crippen LogP contribution in [0, 0.1) is 0 Å². The number of aliphatic carboxylic acids is 1. The van der Waals surface area contributed by atoms with Gasteiger partial charge in [0.1, 0.15) is 22.4 Å². The van der Waals surface area contributed by atoms with Crippen LogP contribution in [0.4, 0.5) is 0 Å². The number of carboxylic acid groups (broad SMARTS) is 1. The minimum absolute atomic E-state index is 0.146. The first kappa shape index (κ1) is 23.2. The van der Waals surface area contributed by atoms with Crippen molar-refractivity contribution in [3.63, 3.8) is 0 Å². The van der Waals surface area contributed by atoms with E-state index >= 15 is 0 Å². The number of carbonyl (C=O) groups excluding carboxylic acids is 1. The second-order valence-electron chi connectivity index (χ2n) is 5.53. The Morgan fingerprint density at radius 3 is 1.96 bits per heavy atom. The number of carbonyl (C=O) groups is 2. The van der Waals surface area contributed by atoms with Crippen LogP contribution >= 0.6 is 21.6 Å². The Hall–Kier alpha value is -1.86. The molecule has 0 aliphatic carbocycles. The number of hydrogen-bond acceptors (Lipinski definition) is 9. The predicted octanol–water partition coefficient (Wildman–Crippen LogP) is -0.415. The quantitative estimate of drug-likeness (QED) is 0.312. The highest BCUT2D eigenvalue weighted by molar-refractivity contribution is 8.76. The molecule has 0 saturated heterocycles. The van der Waals surface area contributed by atoms with Gasteiger partial charge in [-0.25, -0.2) is 9.97 Å². The second kappa shape index (κ2) is 11.1. The average molecular weight is 417 g/mol. The van der Waals surface area contributed by atoms with Gasteiger partial charge < -0.3 is 35.6 Å². The number of rotatable bonds is 9. The summed E-state index contributed by atoms with van der Waals surface area (Å²) in [5.41, 5.74) is 12.7. The largest absolute Gasteiger partial charge is 0.480 e. The maximum Gasteiger partial charge on any atom is 0.320 e. The van der Waals surface area contributed by atoms with E-state index in [0.29, 0.717) is 18.4 Å². The molecule has 0 bridgehead atoms. The van der Waals surface area contributed by atoms with Crippen molar-refractivity contribution < 1.29 is 19.8 Å². The van der Waals surface area contributed by atoms with Crippen molar-refractivity contribution in [3.05, 3.63) is 24.0 Å². The molecule has 2 heterocycles. The highest BCUT2D eigenvalue weighted by atomic mass is 33.1. The Bertz CT molecular complexity index is 764. The van der Waals surface area contributed by atoms with Gasteiger partial charge in [-0.05, 0) is 21.6 Å². The van der Waals surface area contributed by atoms with Gasteiger partial charge >= 0.3 is 5.97 Å². The highest BCUT2D eigenvalue weighted by Gasteiger charge is 2.20. The van der Waals surface area contributed by atoms with E-state index in [2.05, 4.69) is 9.97 Å². The first-order chi connectivity index (χ1) is 12.8. The lowest BCUT2D eigenvalue weighted by Gasteiger charge is -2.09. The summed E-state index contributed by atoms with van der Waals surface area (Å²) in [7, 11) is 7.57. The fourth-order valence-electron chi connectivity index (χ4n) is 2.07. The third-order valence-corrected chi connectivity index (χ3v) is 6.09. The van der Waals surface area contributed by atoms with Crippen LogP contribution in [0.1, 0.15) is 11.4 Å². The molecule has 2 atom stereocenters. The van der Waals surface area contributed by atoms with Crippen molar-refractivity contribution in [2.75, 3.05) is 7.11 Å². The molecule has 0 saturated carbocycles. The van der Waals surface area contributed by atoms with E-state index in [1.165, 1.54) is 21.6 Å². The normalized spacial score (nSPS) is 12.8. The number of imidazole rings is 2. The van der Waals surface area contributed by atoms with Gasteiger partial charge in [0, 0.05) is 34.0 Å².